The molecule has 0 aliphatic heterocycles. The Hall–Kier alpha value is -0.820. The van der Waals surface area contributed by atoms with E-state index in [2.05, 4.69) is 56.4 Å². The number of nitrogens with one attached hydrogen (secondary N) is 1. The monoisotopic (exact) mass is 243 g/mol. The van der Waals surface area contributed by atoms with Crippen LogP contribution in [0.1, 0.15) is 45.6 Å². The van der Waals surface area contributed by atoms with E-state index in [1.165, 1.54) is 24.8 Å². The molecule has 0 unspecified atom stereocenters. The van der Waals surface area contributed by atoms with Crippen molar-refractivity contribution in [2.45, 2.75) is 52.6 Å². The fourth-order valence-corrected chi connectivity index (χ4v) is 4.35. The minimum absolute atomic E-state index is 0.493. The van der Waals surface area contributed by atoms with Gasteiger partial charge in [-0.05, 0) is 41.6 Å². The van der Waals surface area contributed by atoms with Crippen molar-refractivity contribution in [2.24, 2.45) is 16.7 Å². The zero-order valence-electron chi connectivity index (χ0n) is 11.9. The smallest absolute Gasteiger partial charge is 0.0208 e. The first-order valence-corrected chi connectivity index (χ1v) is 7.31. The van der Waals surface area contributed by atoms with E-state index in [0.717, 1.165) is 12.5 Å². The molecule has 0 amide bonds. The Morgan fingerprint density at radius 3 is 2.44 bits per heavy atom. The molecule has 0 aromatic heterocycles. The fraction of sp³-hybridized carbons (Fsp3) is 0.647. The van der Waals surface area contributed by atoms with Crippen molar-refractivity contribution in [3.05, 3.63) is 35.9 Å². The van der Waals surface area contributed by atoms with E-state index in [1.54, 1.807) is 0 Å². The Bertz CT molecular complexity index is 422. The van der Waals surface area contributed by atoms with Crippen molar-refractivity contribution >= 4 is 0 Å². The second-order valence-electron chi connectivity index (χ2n) is 7.03. The van der Waals surface area contributed by atoms with Gasteiger partial charge in [0.1, 0.15) is 0 Å². The van der Waals surface area contributed by atoms with Crippen molar-refractivity contribution in [2.75, 3.05) is 0 Å². The summed E-state index contributed by atoms with van der Waals surface area (Å²) in [7, 11) is 0. The summed E-state index contributed by atoms with van der Waals surface area (Å²) in [4.78, 5) is 0. The van der Waals surface area contributed by atoms with Crippen LogP contribution < -0.4 is 5.32 Å². The van der Waals surface area contributed by atoms with Crippen LogP contribution in [0.15, 0.2) is 30.3 Å². The highest BCUT2D eigenvalue weighted by atomic mass is 15.0. The molecule has 1 heteroatoms. The second-order valence-corrected chi connectivity index (χ2v) is 7.03. The van der Waals surface area contributed by atoms with Crippen LogP contribution in [0.4, 0.5) is 0 Å². The predicted octanol–water partition coefficient (Wildman–Crippen LogP) is 3.99. The molecule has 18 heavy (non-hydrogen) atoms. The van der Waals surface area contributed by atoms with Gasteiger partial charge in [0.05, 0.1) is 0 Å². The van der Waals surface area contributed by atoms with Crippen molar-refractivity contribution in [3.8, 4) is 0 Å². The van der Waals surface area contributed by atoms with Gasteiger partial charge in [-0.2, -0.15) is 0 Å². The van der Waals surface area contributed by atoms with Crippen LogP contribution in [0.2, 0.25) is 0 Å². The first-order valence-electron chi connectivity index (χ1n) is 7.31. The van der Waals surface area contributed by atoms with E-state index < -0.39 is 0 Å². The van der Waals surface area contributed by atoms with Crippen molar-refractivity contribution in [1.29, 1.82) is 0 Å². The topological polar surface area (TPSA) is 12.0 Å². The first-order chi connectivity index (χ1) is 8.54. The van der Waals surface area contributed by atoms with Crippen molar-refractivity contribution in [3.63, 3.8) is 0 Å². The number of hydrogen-bond acceptors (Lipinski definition) is 1. The van der Waals surface area contributed by atoms with E-state index in [1.807, 2.05) is 0 Å². The molecule has 0 radical (unpaired) electrons. The third kappa shape index (κ3) is 1.64. The van der Waals surface area contributed by atoms with E-state index in [9.17, 15) is 0 Å². The van der Waals surface area contributed by atoms with Crippen molar-refractivity contribution in [1.82, 2.24) is 5.32 Å². The summed E-state index contributed by atoms with van der Waals surface area (Å²) in [5, 5.41) is 3.83. The summed E-state index contributed by atoms with van der Waals surface area (Å²) >= 11 is 0. The summed E-state index contributed by atoms with van der Waals surface area (Å²) in [6.07, 6.45) is 4.21. The SMILES string of the molecule is CC1(C)[C@H]2CC[C@]1(C)[C@@H](NCc1ccccc1)C2. The minimum Gasteiger partial charge on any atom is -0.309 e. The van der Waals surface area contributed by atoms with Crippen LogP contribution in [0.5, 0.6) is 0 Å². The zero-order valence-corrected chi connectivity index (χ0v) is 11.9. The lowest BCUT2D eigenvalue weighted by atomic mass is 9.69. The third-order valence-electron chi connectivity index (χ3n) is 6.19. The van der Waals surface area contributed by atoms with Gasteiger partial charge in [0.25, 0.3) is 0 Å². The molecular weight excluding hydrogens is 218 g/mol. The molecule has 3 rings (SSSR count). The number of fused-ring (bicyclic) bond motifs is 2. The van der Waals surface area contributed by atoms with Gasteiger partial charge in [-0.15, -0.1) is 0 Å². The van der Waals surface area contributed by atoms with Gasteiger partial charge >= 0.3 is 0 Å². The van der Waals surface area contributed by atoms with Crippen LogP contribution in [-0.4, -0.2) is 6.04 Å². The predicted molar refractivity (Wildman–Crippen MR) is 76.3 cm³/mol. The number of benzene rings is 1. The van der Waals surface area contributed by atoms with E-state index >= 15 is 0 Å². The maximum Gasteiger partial charge on any atom is 0.0208 e. The van der Waals surface area contributed by atoms with E-state index in [4.69, 9.17) is 0 Å². The quantitative estimate of drug-likeness (QED) is 0.846. The van der Waals surface area contributed by atoms with Crippen LogP contribution >= 0.6 is 0 Å². The third-order valence-corrected chi connectivity index (χ3v) is 6.19. The highest BCUT2D eigenvalue weighted by molar-refractivity contribution is 5.17. The molecule has 2 aliphatic rings. The summed E-state index contributed by atoms with van der Waals surface area (Å²) in [5.41, 5.74) is 2.41. The lowest BCUT2D eigenvalue weighted by Crippen LogP contribution is -2.44. The van der Waals surface area contributed by atoms with Gasteiger partial charge in [0.2, 0.25) is 0 Å². The molecule has 2 saturated carbocycles. The Balaban J connectivity index is 1.69. The molecule has 98 valence electrons. The Morgan fingerprint density at radius 1 is 1.17 bits per heavy atom. The fourth-order valence-electron chi connectivity index (χ4n) is 4.35. The lowest BCUT2D eigenvalue weighted by Gasteiger charge is -2.39. The Kier molecular flexibility index (Phi) is 2.78. The summed E-state index contributed by atoms with van der Waals surface area (Å²) in [6, 6.07) is 11.5. The number of rotatable bonds is 3. The molecule has 0 saturated heterocycles. The van der Waals surface area contributed by atoms with Gasteiger partial charge in [-0.1, -0.05) is 51.1 Å². The first kappa shape index (κ1) is 12.2. The average Bonchev–Trinajstić information content (AvgIpc) is 2.70. The highest BCUT2D eigenvalue weighted by Gasteiger charge is 2.60. The molecule has 3 atom stereocenters. The normalized spacial score (nSPS) is 37.1. The maximum atomic E-state index is 3.83. The number of hydrogen-bond donors (Lipinski definition) is 1. The zero-order chi connectivity index (χ0) is 12.8. The Morgan fingerprint density at radius 2 is 1.89 bits per heavy atom. The van der Waals surface area contributed by atoms with Gasteiger partial charge in [-0.25, -0.2) is 0 Å². The van der Waals surface area contributed by atoms with E-state index in [0.29, 0.717) is 16.9 Å². The highest BCUT2D eigenvalue weighted by Crippen LogP contribution is 2.65. The molecule has 0 spiro atoms. The maximum absolute atomic E-state index is 3.83. The molecule has 2 aliphatic carbocycles. The summed E-state index contributed by atoms with van der Waals surface area (Å²) < 4.78 is 0. The van der Waals surface area contributed by atoms with Crippen LogP contribution in [0.3, 0.4) is 0 Å². The standard InChI is InChI=1S/C17H25N/c1-16(2)14-9-10-17(16,3)15(11-14)18-12-13-7-5-4-6-8-13/h4-8,14-15,18H,9-12H2,1-3H3/t14-,15-,17+/m0/s1. The van der Waals surface area contributed by atoms with Crippen LogP contribution in [0, 0.1) is 16.7 Å². The molecule has 1 aromatic carbocycles. The van der Waals surface area contributed by atoms with Crippen LogP contribution in [0.25, 0.3) is 0 Å². The van der Waals surface area contributed by atoms with Gasteiger partial charge < -0.3 is 5.32 Å². The summed E-state index contributed by atoms with van der Waals surface area (Å²) in [5.74, 6) is 0.927. The van der Waals surface area contributed by atoms with Gasteiger partial charge in [-0.3, -0.25) is 0 Å². The molecular formula is C17H25N. The van der Waals surface area contributed by atoms with E-state index in [-0.39, 0.29) is 0 Å². The largest absolute Gasteiger partial charge is 0.309 e. The Labute approximate surface area is 111 Å². The molecule has 1 nitrogen and oxygen atoms in total. The minimum atomic E-state index is 0.493. The van der Waals surface area contributed by atoms with Crippen LogP contribution in [-0.2, 0) is 6.54 Å². The van der Waals surface area contributed by atoms with Crippen molar-refractivity contribution < 1.29 is 0 Å². The average molecular weight is 243 g/mol. The van der Waals surface area contributed by atoms with Gasteiger partial charge in [0.15, 0.2) is 0 Å². The molecule has 0 heterocycles. The molecule has 2 bridgehead atoms. The molecule has 2 fully saturated rings. The molecule has 1 aromatic rings. The molecule has 1 N–H and O–H groups in total. The van der Waals surface area contributed by atoms with Gasteiger partial charge in [0, 0.05) is 12.6 Å². The lowest BCUT2D eigenvalue weighted by molar-refractivity contribution is 0.120. The second kappa shape index (κ2) is 4.09. The summed E-state index contributed by atoms with van der Waals surface area (Å²) in [6.45, 7) is 8.48.